The van der Waals surface area contributed by atoms with E-state index in [2.05, 4.69) is 25.6 Å². The molecule has 2 aromatic heterocycles. The maximum atomic E-state index is 12.3. The molecule has 0 aromatic carbocycles. The minimum atomic E-state index is -0.250. The van der Waals surface area contributed by atoms with Gasteiger partial charge < -0.3 is 15.7 Å². The number of aromatic nitrogens is 3. The van der Waals surface area contributed by atoms with Crippen LogP contribution in [0.1, 0.15) is 40.9 Å². The molecule has 0 spiro atoms. The van der Waals surface area contributed by atoms with Crippen molar-refractivity contribution < 1.29 is 19.5 Å². The highest BCUT2D eigenvalue weighted by atomic mass is 16.3. The molecule has 0 radical (unpaired) electrons. The molecule has 2 atom stereocenters. The first-order valence-electron chi connectivity index (χ1n) is 10.6. The molecule has 3 heterocycles. The van der Waals surface area contributed by atoms with Gasteiger partial charge in [-0.15, -0.1) is 0 Å². The summed E-state index contributed by atoms with van der Waals surface area (Å²) in [6.07, 6.45) is 8.57. The zero-order chi connectivity index (χ0) is 23.5. The number of carbonyl (C=O) groups excluding carboxylic acids is 2. The third kappa shape index (κ3) is 7.77. The van der Waals surface area contributed by atoms with Crippen LogP contribution in [0.2, 0.25) is 0 Å². The van der Waals surface area contributed by atoms with Crippen LogP contribution in [0.15, 0.2) is 30.7 Å². The van der Waals surface area contributed by atoms with Crippen molar-refractivity contribution in [3.63, 3.8) is 0 Å². The predicted molar refractivity (Wildman–Crippen MR) is 119 cm³/mol. The fraction of sp³-hybridized carbons (Fsp3) is 0.500. The zero-order valence-electron chi connectivity index (χ0n) is 18.8. The molecule has 174 valence electrons. The summed E-state index contributed by atoms with van der Waals surface area (Å²) in [7, 11) is 3.92. The lowest BCUT2D eigenvalue weighted by Crippen LogP contribution is -2.42. The Hall–Kier alpha value is -3.27. The minimum Gasteiger partial charge on any atom is -0.483 e. The second kappa shape index (κ2) is 12.6. The first kappa shape index (κ1) is 25.0. The zero-order valence-corrected chi connectivity index (χ0v) is 18.8. The van der Waals surface area contributed by atoms with Crippen LogP contribution in [0.5, 0.6) is 0 Å². The molecular weight excluding hydrogens is 412 g/mol. The molecule has 0 bridgehead atoms. The topological polar surface area (TPSA) is 129 Å². The van der Waals surface area contributed by atoms with E-state index in [1.165, 1.54) is 0 Å². The van der Waals surface area contributed by atoms with Gasteiger partial charge in [-0.1, -0.05) is 0 Å². The number of likely N-dealkylation sites (N-methyl/N-ethyl adjacent to an activating group) is 1. The Morgan fingerprint density at radius 2 is 1.91 bits per heavy atom. The number of carboxylic acid groups (broad SMARTS) is 1. The molecule has 0 unspecified atom stereocenters. The highest BCUT2D eigenvalue weighted by Crippen LogP contribution is 2.24. The first-order valence-corrected chi connectivity index (χ1v) is 10.6. The molecule has 1 saturated heterocycles. The summed E-state index contributed by atoms with van der Waals surface area (Å²) in [4.78, 5) is 39.3. The molecule has 2 aromatic rings. The minimum absolute atomic E-state index is 0.0705. The van der Waals surface area contributed by atoms with Crippen LogP contribution in [0.3, 0.4) is 0 Å². The molecule has 10 nitrogen and oxygen atoms in total. The molecule has 2 amide bonds. The largest absolute Gasteiger partial charge is 0.483 e. The molecule has 1 aliphatic heterocycles. The summed E-state index contributed by atoms with van der Waals surface area (Å²) in [5.74, 6) is -0.0383. The van der Waals surface area contributed by atoms with E-state index in [9.17, 15) is 9.59 Å². The van der Waals surface area contributed by atoms with Crippen molar-refractivity contribution in [2.24, 2.45) is 7.05 Å². The molecule has 1 aliphatic rings. The molecular formula is C22H32N6O4. The summed E-state index contributed by atoms with van der Waals surface area (Å²) in [6, 6.07) is 4.07. The highest BCUT2D eigenvalue weighted by Gasteiger charge is 2.31. The second-order valence-corrected chi connectivity index (χ2v) is 7.88. The Morgan fingerprint density at radius 3 is 2.53 bits per heavy atom. The van der Waals surface area contributed by atoms with Crippen LogP contribution in [0, 0.1) is 6.92 Å². The number of rotatable bonds is 8. The molecule has 32 heavy (non-hydrogen) atoms. The van der Waals surface area contributed by atoms with E-state index < -0.39 is 0 Å². The number of pyridine rings is 1. The van der Waals surface area contributed by atoms with Gasteiger partial charge in [-0.25, -0.2) is 0 Å². The van der Waals surface area contributed by atoms with Gasteiger partial charge in [0.2, 0.25) is 5.91 Å². The van der Waals surface area contributed by atoms with Crippen LogP contribution < -0.4 is 10.6 Å². The predicted octanol–water partition coefficient (Wildman–Crippen LogP) is 0.766. The fourth-order valence-corrected chi connectivity index (χ4v) is 3.73. The number of hydrogen-bond donors (Lipinski definition) is 3. The number of amides is 2. The van der Waals surface area contributed by atoms with E-state index in [-0.39, 0.29) is 30.4 Å². The Kier molecular flexibility index (Phi) is 9.80. The van der Waals surface area contributed by atoms with Gasteiger partial charge in [0.1, 0.15) is 0 Å². The van der Waals surface area contributed by atoms with Crippen LogP contribution >= 0.6 is 0 Å². The van der Waals surface area contributed by atoms with E-state index in [1.54, 1.807) is 16.9 Å². The van der Waals surface area contributed by atoms with Gasteiger partial charge in [0, 0.05) is 56.7 Å². The summed E-state index contributed by atoms with van der Waals surface area (Å²) in [5.41, 5.74) is 2.57. The SMILES string of the molecule is Cc1ccc(C(=O)NC[C@@H]2CC[C@H](CC(=O)NCCc3cnn(C)c3)N2C)cn1.O=CO. The molecule has 0 saturated carbocycles. The first-order chi connectivity index (χ1) is 15.3. The van der Waals surface area contributed by atoms with Crippen molar-refractivity contribution in [3.8, 4) is 0 Å². The fourth-order valence-electron chi connectivity index (χ4n) is 3.73. The van der Waals surface area contributed by atoms with Gasteiger partial charge >= 0.3 is 0 Å². The van der Waals surface area contributed by atoms with E-state index in [0.717, 1.165) is 30.5 Å². The summed E-state index contributed by atoms with van der Waals surface area (Å²) in [6.45, 7) is 2.83. The third-order valence-electron chi connectivity index (χ3n) is 5.57. The van der Waals surface area contributed by atoms with E-state index >= 15 is 0 Å². The van der Waals surface area contributed by atoms with Crippen molar-refractivity contribution in [3.05, 3.63) is 47.5 Å². The van der Waals surface area contributed by atoms with Crippen molar-refractivity contribution >= 4 is 18.3 Å². The van der Waals surface area contributed by atoms with Crippen molar-refractivity contribution in [1.29, 1.82) is 0 Å². The van der Waals surface area contributed by atoms with Gasteiger partial charge in [-0.2, -0.15) is 5.10 Å². The molecule has 1 fully saturated rings. The molecule has 3 N–H and O–H groups in total. The summed E-state index contributed by atoms with van der Waals surface area (Å²) < 4.78 is 1.76. The lowest BCUT2D eigenvalue weighted by atomic mass is 10.1. The summed E-state index contributed by atoms with van der Waals surface area (Å²) in [5, 5.41) is 17.0. The van der Waals surface area contributed by atoms with Gasteiger partial charge in [-0.05, 0) is 50.9 Å². The monoisotopic (exact) mass is 444 g/mol. The van der Waals surface area contributed by atoms with Crippen LogP contribution in [0.25, 0.3) is 0 Å². The smallest absolute Gasteiger partial charge is 0.290 e. The number of hydrogen-bond acceptors (Lipinski definition) is 6. The average molecular weight is 445 g/mol. The third-order valence-corrected chi connectivity index (χ3v) is 5.57. The average Bonchev–Trinajstić information content (AvgIpc) is 3.33. The second-order valence-electron chi connectivity index (χ2n) is 7.88. The molecule has 10 heteroatoms. The van der Waals surface area contributed by atoms with Crippen LogP contribution in [-0.4, -0.2) is 75.3 Å². The quantitative estimate of drug-likeness (QED) is 0.513. The van der Waals surface area contributed by atoms with Gasteiger partial charge in [0.15, 0.2) is 0 Å². The standard InChI is InChI=1S/C21H30N6O2.CH2O2/c1-15-4-5-17(12-23-15)21(29)24-13-19-7-6-18(27(19)3)10-20(28)22-9-8-16-11-25-26(2)14-16;2-1-3/h4-5,11-12,14,18-19H,6-10,13H2,1-3H3,(H,22,28)(H,24,29);1H,(H,2,3)/t18-,19+;/m1./s1. The Labute approximate surface area is 188 Å². The molecule has 3 rings (SSSR count). The number of likely N-dealkylation sites (tertiary alicyclic amines) is 1. The molecule has 0 aliphatic carbocycles. The lowest BCUT2D eigenvalue weighted by Gasteiger charge is -2.25. The van der Waals surface area contributed by atoms with Gasteiger partial charge in [0.25, 0.3) is 12.4 Å². The van der Waals surface area contributed by atoms with Crippen LogP contribution in [0.4, 0.5) is 0 Å². The van der Waals surface area contributed by atoms with Crippen molar-refractivity contribution in [1.82, 2.24) is 30.3 Å². The van der Waals surface area contributed by atoms with E-state index in [0.29, 0.717) is 25.1 Å². The summed E-state index contributed by atoms with van der Waals surface area (Å²) >= 11 is 0. The van der Waals surface area contributed by atoms with E-state index in [1.807, 2.05) is 39.5 Å². The highest BCUT2D eigenvalue weighted by molar-refractivity contribution is 5.93. The van der Waals surface area contributed by atoms with Gasteiger partial charge in [0.05, 0.1) is 11.8 Å². The number of aryl methyl sites for hydroxylation is 2. The van der Waals surface area contributed by atoms with Gasteiger partial charge in [-0.3, -0.25) is 28.9 Å². The normalized spacial score (nSPS) is 17.8. The maximum Gasteiger partial charge on any atom is 0.290 e. The maximum absolute atomic E-state index is 12.3. The lowest BCUT2D eigenvalue weighted by molar-refractivity contribution is -0.123. The van der Waals surface area contributed by atoms with E-state index in [4.69, 9.17) is 9.90 Å². The Balaban J connectivity index is 0.00000114. The Bertz CT molecular complexity index is 883. The Morgan fingerprint density at radius 1 is 1.19 bits per heavy atom. The number of carbonyl (C=O) groups is 3. The number of nitrogens with one attached hydrogen (secondary N) is 2. The van der Waals surface area contributed by atoms with Crippen molar-refractivity contribution in [2.75, 3.05) is 20.1 Å². The number of nitrogens with zero attached hydrogens (tertiary/aromatic N) is 4. The van der Waals surface area contributed by atoms with Crippen molar-refractivity contribution in [2.45, 2.75) is 44.7 Å². The van der Waals surface area contributed by atoms with Crippen LogP contribution in [-0.2, 0) is 23.1 Å².